The molecular formula is C32H74O9Si4. The van der Waals surface area contributed by atoms with Crippen molar-refractivity contribution in [2.75, 3.05) is 39.6 Å². The van der Waals surface area contributed by atoms with Crippen molar-refractivity contribution in [3.8, 4) is 0 Å². The minimum Gasteiger partial charge on any atom is -0.415 e. The zero-order valence-corrected chi connectivity index (χ0v) is 35.9. The average Bonchev–Trinajstić information content (AvgIpc) is 2.96. The molecular weight excluding hydrogens is 641 g/mol. The highest BCUT2D eigenvalue weighted by Gasteiger charge is 2.55. The predicted molar refractivity (Wildman–Crippen MR) is 195 cm³/mol. The molecule has 0 aromatic carbocycles. The van der Waals surface area contributed by atoms with Gasteiger partial charge in [0, 0.05) is 63.8 Å². The van der Waals surface area contributed by atoms with Gasteiger partial charge in [0.2, 0.25) is 0 Å². The second-order valence-electron chi connectivity index (χ2n) is 12.9. The maximum absolute atomic E-state index is 7.65. The number of ether oxygens (including phenoxy) is 4. The van der Waals surface area contributed by atoms with Crippen LogP contribution in [0.3, 0.4) is 0 Å². The van der Waals surface area contributed by atoms with Gasteiger partial charge in [0.25, 0.3) is 0 Å². The van der Waals surface area contributed by atoms with Crippen molar-refractivity contribution in [1.82, 2.24) is 0 Å². The largest absolute Gasteiger partial charge is 0.415 e. The Labute approximate surface area is 283 Å². The summed E-state index contributed by atoms with van der Waals surface area (Å²) in [7, 11) is -11.3. The van der Waals surface area contributed by atoms with Gasteiger partial charge < -0.3 is 40.1 Å². The second-order valence-corrected chi connectivity index (χ2v) is 28.0. The molecule has 0 N–H and O–H groups in total. The normalized spacial score (nSPS) is 18.0. The van der Waals surface area contributed by atoms with E-state index >= 15 is 0 Å². The van der Waals surface area contributed by atoms with Crippen LogP contribution in [0.1, 0.15) is 96.9 Å². The van der Waals surface area contributed by atoms with Crippen molar-refractivity contribution in [3.63, 3.8) is 0 Å². The molecule has 0 heterocycles. The quantitative estimate of drug-likeness (QED) is 0.0679. The van der Waals surface area contributed by atoms with E-state index in [4.69, 9.17) is 40.1 Å². The van der Waals surface area contributed by atoms with Gasteiger partial charge in [-0.25, -0.2) is 0 Å². The molecule has 0 radical (unpaired) electrons. The van der Waals surface area contributed by atoms with Crippen LogP contribution in [0.5, 0.6) is 0 Å². The summed E-state index contributed by atoms with van der Waals surface area (Å²) in [5.74, 6) is 0. The van der Waals surface area contributed by atoms with Gasteiger partial charge in [-0.2, -0.15) is 0 Å². The number of hydrogen-bond acceptors (Lipinski definition) is 9. The van der Waals surface area contributed by atoms with E-state index in [0.29, 0.717) is 51.7 Å². The van der Waals surface area contributed by atoms with E-state index in [0.717, 1.165) is 36.3 Å². The molecule has 0 amide bonds. The van der Waals surface area contributed by atoms with Crippen molar-refractivity contribution in [2.45, 2.75) is 170 Å². The first kappa shape index (κ1) is 45.5. The summed E-state index contributed by atoms with van der Waals surface area (Å²) in [5, 5.41) is 0. The zero-order chi connectivity index (χ0) is 34.6. The lowest BCUT2D eigenvalue weighted by Gasteiger charge is -2.47. The third-order valence-electron chi connectivity index (χ3n) is 7.82. The zero-order valence-electron chi connectivity index (χ0n) is 31.9. The van der Waals surface area contributed by atoms with Gasteiger partial charge in [0.1, 0.15) is 0 Å². The van der Waals surface area contributed by atoms with Crippen molar-refractivity contribution in [1.29, 1.82) is 0 Å². The third kappa shape index (κ3) is 18.2. The molecule has 13 heteroatoms. The van der Waals surface area contributed by atoms with Crippen molar-refractivity contribution >= 4 is 34.2 Å². The molecule has 4 unspecified atom stereocenters. The van der Waals surface area contributed by atoms with Gasteiger partial charge in [-0.05, 0) is 93.4 Å². The molecule has 45 heavy (non-hydrogen) atoms. The summed E-state index contributed by atoms with van der Waals surface area (Å²) < 4.78 is 60.2. The van der Waals surface area contributed by atoms with E-state index in [1.807, 2.05) is 0 Å². The lowest BCUT2D eigenvalue weighted by molar-refractivity contribution is 0.0769. The van der Waals surface area contributed by atoms with Crippen LogP contribution in [0.25, 0.3) is 0 Å². The van der Waals surface area contributed by atoms with Crippen molar-refractivity contribution in [2.24, 2.45) is 0 Å². The van der Waals surface area contributed by atoms with Crippen LogP contribution >= 0.6 is 0 Å². The van der Waals surface area contributed by atoms with Gasteiger partial charge in [-0.3, -0.25) is 0 Å². The minimum atomic E-state index is -2.95. The smallest absolute Gasteiger partial charge is 0.331 e. The van der Waals surface area contributed by atoms with Gasteiger partial charge in [0.05, 0.1) is 24.4 Å². The summed E-state index contributed by atoms with van der Waals surface area (Å²) in [6, 6.07) is 6.14. The van der Waals surface area contributed by atoms with E-state index in [1.165, 1.54) is 0 Å². The Morgan fingerprint density at radius 2 is 0.578 bits per heavy atom. The minimum absolute atomic E-state index is 0.121. The van der Waals surface area contributed by atoms with Crippen LogP contribution in [-0.4, -0.2) is 98.3 Å². The third-order valence-corrected chi connectivity index (χ3v) is 26.6. The first-order chi connectivity index (χ1) is 21.2. The maximum atomic E-state index is 7.65. The van der Waals surface area contributed by atoms with Gasteiger partial charge in [-0.15, -0.1) is 0 Å². The van der Waals surface area contributed by atoms with E-state index in [2.05, 4.69) is 96.9 Å². The van der Waals surface area contributed by atoms with E-state index in [-0.39, 0.29) is 24.4 Å². The standard InChI is InChI=1S/C32H74O9Si4/c1-15-37-42(17-3,25-21-33-29(7)8)39-44(19-5,27-23-35-31(11)12)41-45(20-6,28-24-36-32(13)14)40-43(18-4,38-16-2)26-22-34-30(9)10/h29-32H,15-28H2,1-14H3. The summed E-state index contributed by atoms with van der Waals surface area (Å²) in [5.41, 5.74) is 0. The van der Waals surface area contributed by atoms with Crippen LogP contribution in [0.4, 0.5) is 0 Å². The number of hydrogen-bond donors (Lipinski definition) is 0. The lowest BCUT2D eigenvalue weighted by Crippen LogP contribution is -2.64. The Morgan fingerprint density at radius 3 is 0.778 bits per heavy atom. The molecule has 272 valence electrons. The molecule has 0 aliphatic carbocycles. The number of rotatable bonds is 30. The Bertz CT molecular complexity index is 679. The molecule has 0 rings (SSSR count). The van der Waals surface area contributed by atoms with Crippen LogP contribution in [0.2, 0.25) is 48.4 Å². The fourth-order valence-electron chi connectivity index (χ4n) is 5.24. The summed E-state index contributed by atoms with van der Waals surface area (Å²) in [6.07, 6.45) is 0.546. The van der Waals surface area contributed by atoms with Crippen molar-refractivity contribution in [3.05, 3.63) is 0 Å². The highest BCUT2D eigenvalue weighted by molar-refractivity contribution is 6.90. The Balaban J connectivity index is 6.95. The molecule has 0 aliphatic heterocycles. The SMILES string of the molecule is CCO[Si](CC)(CCOC(C)C)O[Si](CC)(CCOC(C)C)O[Si](CC)(CCOC(C)C)O[Si](CC)(CCOC(C)C)OCC. The highest BCUT2D eigenvalue weighted by Crippen LogP contribution is 2.37. The highest BCUT2D eigenvalue weighted by atomic mass is 28.5. The Kier molecular flexibility index (Phi) is 24.1. The summed E-state index contributed by atoms with van der Waals surface area (Å²) in [4.78, 5) is 0. The molecule has 0 aromatic rings. The van der Waals surface area contributed by atoms with E-state index in [1.54, 1.807) is 0 Å². The monoisotopic (exact) mass is 714 g/mol. The molecule has 0 aliphatic rings. The molecule has 0 saturated carbocycles. The fraction of sp³-hybridized carbons (Fsp3) is 1.00. The van der Waals surface area contributed by atoms with E-state index < -0.39 is 34.2 Å². The molecule has 0 saturated heterocycles. The predicted octanol–water partition coefficient (Wildman–Crippen LogP) is 8.66. The van der Waals surface area contributed by atoms with Gasteiger partial charge in [0.15, 0.2) is 0 Å². The lowest BCUT2D eigenvalue weighted by atomic mass is 10.5. The Hall–Kier alpha value is 0.508. The van der Waals surface area contributed by atoms with Crippen LogP contribution in [0.15, 0.2) is 0 Å². The second kappa shape index (κ2) is 23.8. The fourth-order valence-corrected chi connectivity index (χ4v) is 25.7. The maximum Gasteiger partial charge on any atom is 0.331 e. The molecule has 9 nitrogen and oxygen atoms in total. The molecule has 0 spiro atoms. The Morgan fingerprint density at radius 1 is 0.356 bits per heavy atom. The average molecular weight is 715 g/mol. The topological polar surface area (TPSA) is 83.1 Å². The van der Waals surface area contributed by atoms with Crippen LogP contribution in [-0.2, 0) is 40.1 Å². The molecule has 0 aromatic heterocycles. The van der Waals surface area contributed by atoms with Crippen LogP contribution < -0.4 is 0 Å². The summed E-state index contributed by atoms with van der Waals surface area (Å²) >= 11 is 0. The van der Waals surface area contributed by atoms with Crippen LogP contribution in [0, 0.1) is 0 Å². The molecule has 0 bridgehead atoms. The van der Waals surface area contributed by atoms with Gasteiger partial charge in [-0.1, -0.05) is 27.7 Å². The summed E-state index contributed by atoms with van der Waals surface area (Å²) in [6.45, 7) is 33.0. The molecule has 0 fully saturated rings. The van der Waals surface area contributed by atoms with Crippen molar-refractivity contribution < 1.29 is 40.1 Å². The molecule has 4 atom stereocenters. The van der Waals surface area contributed by atoms with Gasteiger partial charge >= 0.3 is 34.2 Å². The first-order valence-electron chi connectivity index (χ1n) is 18.0. The van der Waals surface area contributed by atoms with E-state index in [9.17, 15) is 0 Å². The first-order valence-corrected chi connectivity index (χ1v) is 26.9.